The summed E-state index contributed by atoms with van der Waals surface area (Å²) in [6.07, 6.45) is -9.81. The van der Waals surface area contributed by atoms with Crippen LogP contribution >= 0.6 is 12.2 Å². The standard InChI is InChI=1S/C16H12F6N2S/c17-15(18,19)11-6-12(16(20,21)22)8-13(7-11)24-14(25)23-9-10-4-2-1-3-5-10/h1-8H,9H2,(H2,23,24,25). The highest BCUT2D eigenvalue weighted by molar-refractivity contribution is 7.80. The van der Waals surface area contributed by atoms with Gasteiger partial charge in [-0.3, -0.25) is 0 Å². The second-order valence-electron chi connectivity index (χ2n) is 5.09. The Labute approximate surface area is 144 Å². The monoisotopic (exact) mass is 378 g/mol. The minimum Gasteiger partial charge on any atom is -0.358 e. The van der Waals surface area contributed by atoms with Gasteiger partial charge in [0.05, 0.1) is 11.1 Å². The zero-order chi connectivity index (χ0) is 18.7. The fourth-order valence-electron chi connectivity index (χ4n) is 1.98. The van der Waals surface area contributed by atoms with Crippen molar-refractivity contribution in [2.75, 3.05) is 5.32 Å². The summed E-state index contributed by atoms with van der Waals surface area (Å²) in [5.74, 6) is 0. The van der Waals surface area contributed by atoms with E-state index in [0.29, 0.717) is 12.1 Å². The molecule has 2 nitrogen and oxygen atoms in total. The minimum absolute atomic E-state index is 0.0611. The SMILES string of the molecule is FC(F)(F)c1cc(NC(=S)NCc2ccccc2)cc(C(F)(F)F)c1. The number of benzene rings is 2. The van der Waals surface area contributed by atoms with Crippen LogP contribution in [-0.4, -0.2) is 5.11 Å². The molecule has 0 atom stereocenters. The zero-order valence-electron chi connectivity index (χ0n) is 12.5. The summed E-state index contributed by atoms with van der Waals surface area (Å²) in [6.45, 7) is 0.276. The summed E-state index contributed by atoms with van der Waals surface area (Å²) in [7, 11) is 0. The largest absolute Gasteiger partial charge is 0.416 e. The molecule has 134 valence electrons. The summed E-state index contributed by atoms with van der Waals surface area (Å²) in [6, 6.07) is 10.2. The van der Waals surface area contributed by atoms with Crippen molar-refractivity contribution < 1.29 is 26.3 Å². The van der Waals surface area contributed by atoms with Gasteiger partial charge in [0.15, 0.2) is 5.11 Å². The molecule has 0 aliphatic carbocycles. The average Bonchev–Trinajstić information content (AvgIpc) is 2.52. The topological polar surface area (TPSA) is 24.1 Å². The van der Waals surface area contributed by atoms with E-state index in [1.165, 1.54) is 0 Å². The maximum Gasteiger partial charge on any atom is 0.416 e. The fourth-order valence-corrected chi connectivity index (χ4v) is 2.17. The first-order chi connectivity index (χ1) is 11.6. The Kier molecular flexibility index (Phi) is 5.56. The predicted molar refractivity (Wildman–Crippen MR) is 85.9 cm³/mol. The van der Waals surface area contributed by atoms with Gasteiger partial charge in [-0.1, -0.05) is 30.3 Å². The van der Waals surface area contributed by atoms with E-state index < -0.39 is 29.2 Å². The Balaban J connectivity index is 2.16. The van der Waals surface area contributed by atoms with Crippen LogP contribution in [0.4, 0.5) is 32.0 Å². The van der Waals surface area contributed by atoms with Gasteiger partial charge in [0.1, 0.15) is 0 Å². The summed E-state index contributed by atoms with van der Waals surface area (Å²) < 4.78 is 76.8. The molecule has 2 N–H and O–H groups in total. The lowest BCUT2D eigenvalue weighted by atomic mass is 10.1. The molecule has 0 amide bonds. The molecule has 9 heteroatoms. The molecule has 0 radical (unpaired) electrons. The first kappa shape index (κ1) is 19.0. The number of alkyl halides is 6. The summed E-state index contributed by atoms with van der Waals surface area (Å²) in [5.41, 5.74) is -2.36. The Hall–Kier alpha value is -2.29. The van der Waals surface area contributed by atoms with Gasteiger partial charge >= 0.3 is 12.4 Å². The third-order valence-corrected chi connectivity index (χ3v) is 3.39. The van der Waals surface area contributed by atoms with Crippen molar-refractivity contribution in [1.82, 2.24) is 5.32 Å². The summed E-state index contributed by atoms with van der Waals surface area (Å²) in [5, 5.41) is 4.99. The lowest BCUT2D eigenvalue weighted by Gasteiger charge is -2.16. The third-order valence-electron chi connectivity index (χ3n) is 3.14. The second-order valence-corrected chi connectivity index (χ2v) is 5.50. The molecule has 0 bridgehead atoms. The van der Waals surface area contributed by atoms with Gasteiger partial charge in [0, 0.05) is 12.2 Å². The molecule has 0 heterocycles. The molecule has 2 aromatic rings. The number of hydrogen-bond acceptors (Lipinski definition) is 1. The van der Waals surface area contributed by atoms with Gasteiger partial charge in [0.2, 0.25) is 0 Å². The maximum atomic E-state index is 12.8. The molecule has 0 spiro atoms. The van der Waals surface area contributed by atoms with E-state index in [-0.39, 0.29) is 17.7 Å². The molecule has 0 saturated carbocycles. The minimum atomic E-state index is -4.91. The number of halogens is 6. The smallest absolute Gasteiger partial charge is 0.358 e. The van der Waals surface area contributed by atoms with Crippen molar-refractivity contribution in [3.63, 3.8) is 0 Å². The van der Waals surface area contributed by atoms with E-state index in [2.05, 4.69) is 10.6 Å². The van der Waals surface area contributed by atoms with E-state index >= 15 is 0 Å². The molecular weight excluding hydrogens is 366 g/mol. The highest BCUT2D eigenvalue weighted by Crippen LogP contribution is 2.37. The van der Waals surface area contributed by atoms with E-state index in [1.807, 2.05) is 0 Å². The van der Waals surface area contributed by atoms with Gasteiger partial charge in [0.25, 0.3) is 0 Å². The quantitative estimate of drug-likeness (QED) is 0.566. The van der Waals surface area contributed by atoms with Crippen LogP contribution in [0.3, 0.4) is 0 Å². The van der Waals surface area contributed by atoms with E-state index in [0.717, 1.165) is 5.56 Å². The molecular formula is C16H12F6N2S. The van der Waals surface area contributed by atoms with E-state index in [1.54, 1.807) is 30.3 Å². The van der Waals surface area contributed by atoms with Crippen LogP contribution in [0, 0.1) is 0 Å². The van der Waals surface area contributed by atoms with Crippen LogP contribution in [0.15, 0.2) is 48.5 Å². The molecule has 0 fully saturated rings. The van der Waals surface area contributed by atoms with Crippen molar-refractivity contribution in [3.8, 4) is 0 Å². The molecule has 25 heavy (non-hydrogen) atoms. The average molecular weight is 378 g/mol. The summed E-state index contributed by atoms with van der Waals surface area (Å²) >= 11 is 4.92. The highest BCUT2D eigenvalue weighted by Gasteiger charge is 2.36. The normalized spacial score (nSPS) is 11.9. The van der Waals surface area contributed by atoms with Crippen LogP contribution < -0.4 is 10.6 Å². The first-order valence-corrected chi connectivity index (χ1v) is 7.35. The Morgan fingerprint density at radius 2 is 1.36 bits per heavy atom. The van der Waals surface area contributed by atoms with Crippen molar-refractivity contribution in [2.24, 2.45) is 0 Å². The van der Waals surface area contributed by atoms with Gasteiger partial charge in [-0.15, -0.1) is 0 Å². The number of nitrogens with one attached hydrogen (secondary N) is 2. The molecule has 0 aliphatic heterocycles. The van der Waals surface area contributed by atoms with Crippen LogP contribution in [0.25, 0.3) is 0 Å². The van der Waals surface area contributed by atoms with Crippen LogP contribution in [-0.2, 0) is 18.9 Å². The lowest BCUT2D eigenvalue weighted by Crippen LogP contribution is -2.28. The Morgan fingerprint density at radius 1 is 0.840 bits per heavy atom. The van der Waals surface area contributed by atoms with Gasteiger partial charge in [-0.05, 0) is 36.0 Å². The molecule has 0 unspecified atom stereocenters. The number of rotatable bonds is 3. The molecule has 2 aromatic carbocycles. The van der Waals surface area contributed by atoms with Crippen molar-refractivity contribution in [3.05, 3.63) is 65.2 Å². The van der Waals surface area contributed by atoms with Gasteiger partial charge < -0.3 is 10.6 Å². The Morgan fingerprint density at radius 3 is 1.84 bits per heavy atom. The predicted octanol–water partition coefficient (Wildman–Crippen LogP) is 5.21. The number of anilines is 1. The molecule has 0 aromatic heterocycles. The van der Waals surface area contributed by atoms with Crippen molar-refractivity contribution in [2.45, 2.75) is 18.9 Å². The van der Waals surface area contributed by atoms with Gasteiger partial charge in [-0.2, -0.15) is 26.3 Å². The highest BCUT2D eigenvalue weighted by atomic mass is 32.1. The van der Waals surface area contributed by atoms with Crippen LogP contribution in [0.1, 0.15) is 16.7 Å². The van der Waals surface area contributed by atoms with Crippen molar-refractivity contribution in [1.29, 1.82) is 0 Å². The fraction of sp³-hybridized carbons (Fsp3) is 0.188. The lowest BCUT2D eigenvalue weighted by molar-refractivity contribution is -0.143. The zero-order valence-corrected chi connectivity index (χ0v) is 13.3. The van der Waals surface area contributed by atoms with Gasteiger partial charge in [-0.25, -0.2) is 0 Å². The summed E-state index contributed by atoms with van der Waals surface area (Å²) in [4.78, 5) is 0. The first-order valence-electron chi connectivity index (χ1n) is 6.94. The number of hydrogen-bond donors (Lipinski definition) is 2. The molecule has 0 saturated heterocycles. The second kappa shape index (κ2) is 7.30. The van der Waals surface area contributed by atoms with Crippen LogP contribution in [0.2, 0.25) is 0 Å². The van der Waals surface area contributed by atoms with E-state index in [4.69, 9.17) is 12.2 Å². The molecule has 0 aliphatic rings. The van der Waals surface area contributed by atoms with Crippen LogP contribution in [0.5, 0.6) is 0 Å². The molecule has 2 rings (SSSR count). The van der Waals surface area contributed by atoms with E-state index in [9.17, 15) is 26.3 Å². The number of thiocarbonyl (C=S) groups is 1. The maximum absolute atomic E-state index is 12.8. The third kappa shape index (κ3) is 5.63. The van der Waals surface area contributed by atoms with Crippen molar-refractivity contribution >= 4 is 23.0 Å². The Bertz CT molecular complexity index is 708.